The number of benzene rings is 2. The summed E-state index contributed by atoms with van der Waals surface area (Å²) in [7, 11) is 0. The van der Waals surface area contributed by atoms with E-state index >= 15 is 0 Å². The van der Waals surface area contributed by atoms with E-state index in [0.29, 0.717) is 12.1 Å². The van der Waals surface area contributed by atoms with Crippen molar-refractivity contribution in [3.05, 3.63) is 53.6 Å². The monoisotopic (exact) mass is 329 g/mol. The smallest absolute Gasteiger partial charge is 0.130 e. The lowest BCUT2D eigenvalue weighted by Gasteiger charge is -2.09. The molecule has 2 N–H and O–H groups in total. The van der Waals surface area contributed by atoms with Gasteiger partial charge in [0.1, 0.15) is 29.2 Å². The van der Waals surface area contributed by atoms with Gasteiger partial charge in [-0.25, -0.2) is 0 Å². The topological polar surface area (TPSA) is 93.0 Å². The van der Waals surface area contributed by atoms with Crippen molar-refractivity contribution in [2.75, 3.05) is 0 Å². The number of phenolic OH excluding ortho intramolecular Hbond substituents is 2. The van der Waals surface area contributed by atoms with E-state index in [9.17, 15) is 10.2 Å². The molecule has 0 aliphatic heterocycles. The summed E-state index contributed by atoms with van der Waals surface area (Å²) in [5, 5.41) is 38.5. The van der Waals surface area contributed by atoms with Crippen molar-refractivity contribution in [2.24, 2.45) is 0 Å². The fraction of sp³-hybridized carbons (Fsp3) is 0.100. The van der Waals surface area contributed by atoms with E-state index in [1.165, 1.54) is 6.08 Å². The Bertz CT molecular complexity index is 1050. The number of nitrogens with zero attached hydrogens (tertiary/aromatic N) is 3. The lowest BCUT2D eigenvalue weighted by Crippen LogP contribution is -1.97. The Labute approximate surface area is 144 Å². The van der Waals surface area contributed by atoms with E-state index in [2.05, 4.69) is 4.57 Å². The SMILES string of the molecule is CCn1c(-c2ccc(O)cc2)c(C=C(C#N)C#N)c2cc(O)ccc21. The molecule has 0 unspecified atom stereocenters. The van der Waals surface area contributed by atoms with Crippen LogP contribution < -0.4 is 0 Å². The number of phenols is 2. The van der Waals surface area contributed by atoms with E-state index in [1.54, 1.807) is 36.4 Å². The lowest BCUT2D eigenvalue weighted by molar-refractivity contribution is 0.475. The lowest BCUT2D eigenvalue weighted by atomic mass is 10.0. The normalized spacial score (nSPS) is 10.2. The molecule has 122 valence electrons. The van der Waals surface area contributed by atoms with Gasteiger partial charge >= 0.3 is 0 Å². The van der Waals surface area contributed by atoms with Crippen LogP contribution in [0.4, 0.5) is 0 Å². The van der Waals surface area contributed by atoms with Crippen molar-refractivity contribution in [3.8, 4) is 34.9 Å². The van der Waals surface area contributed by atoms with Gasteiger partial charge in [0.25, 0.3) is 0 Å². The van der Waals surface area contributed by atoms with Crippen LogP contribution in [0, 0.1) is 22.7 Å². The van der Waals surface area contributed by atoms with Crippen molar-refractivity contribution in [1.29, 1.82) is 10.5 Å². The second-order valence-corrected chi connectivity index (χ2v) is 5.54. The first-order valence-electron chi connectivity index (χ1n) is 7.75. The van der Waals surface area contributed by atoms with Crippen molar-refractivity contribution in [1.82, 2.24) is 4.57 Å². The average Bonchev–Trinajstić information content (AvgIpc) is 2.92. The van der Waals surface area contributed by atoms with Crippen LogP contribution in [0.25, 0.3) is 28.2 Å². The molecule has 0 atom stereocenters. The Morgan fingerprint density at radius 3 is 2.28 bits per heavy atom. The predicted octanol–water partition coefficient (Wildman–Crippen LogP) is 4.17. The summed E-state index contributed by atoms with van der Waals surface area (Å²) >= 11 is 0. The molecule has 1 aromatic heterocycles. The molecule has 0 saturated carbocycles. The van der Waals surface area contributed by atoms with Crippen LogP contribution in [0.15, 0.2) is 48.0 Å². The van der Waals surface area contributed by atoms with Gasteiger partial charge in [0.15, 0.2) is 0 Å². The molecular formula is C20H15N3O2. The van der Waals surface area contributed by atoms with E-state index in [0.717, 1.165) is 22.2 Å². The van der Waals surface area contributed by atoms with Crippen LogP contribution in [0.2, 0.25) is 0 Å². The number of aromatic hydroxyl groups is 2. The number of hydrogen-bond donors (Lipinski definition) is 2. The first-order chi connectivity index (χ1) is 12.1. The maximum Gasteiger partial charge on any atom is 0.130 e. The minimum atomic E-state index is -0.0153. The molecule has 2 aromatic carbocycles. The summed E-state index contributed by atoms with van der Waals surface area (Å²) in [4.78, 5) is 0. The van der Waals surface area contributed by atoms with Gasteiger partial charge in [-0.15, -0.1) is 0 Å². The third kappa shape index (κ3) is 2.80. The Morgan fingerprint density at radius 1 is 1.04 bits per heavy atom. The standard InChI is InChI=1S/C20H15N3O2/c1-2-23-19-8-7-16(25)10-17(19)18(9-13(11-21)12-22)20(23)14-3-5-15(24)6-4-14/h3-10,24-25H,2H2,1H3. The van der Waals surface area contributed by atoms with Crippen LogP contribution in [0.5, 0.6) is 11.5 Å². The molecule has 5 heteroatoms. The van der Waals surface area contributed by atoms with Crippen molar-refractivity contribution < 1.29 is 10.2 Å². The molecule has 1 heterocycles. The van der Waals surface area contributed by atoms with Gasteiger partial charge in [-0.05, 0) is 61.0 Å². The third-order valence-electron chi connectivity index (χ3n) is 4.07. The first kappa shape index (κ1) is 16.2. The minimum absolute atomic E-state index is 0.0153. The molecule has 0 spiro atoms. The van der Waals surface area contributed by atoms with E-state index in [4.69, 9.17) is 10.5 Å². The summed E-state index contributed by atoms with van der Waals surface area (Å²) < 4.78 is 2.05. The minimum Gasteiger partial charge on any atom is -0.508 e. The molecule has 3 aromatic rings. The van der Waals surface area contributed by atoms with Gasteiger partial charge in [-0.3, -0.25) is 0 Å². The number of allylic oxidation sites excluding steroid dienone is 1. The molecule has 3 rings (SSSR count). The van der Waals surface area contributed by atoms with Gasteiger partial charge in [-0.2, -0.15) is 10.5 Å². The Balaban J connectivity index is 2.45. The van der Waals surface area contributed by atoms with E-state index in [1.807, 2.05) is 25.1 Å². The maximum absolute atomic E-state index is 9.89. The zero-order valence-corrected chi connectivity index (χ0v) is 13.6. The number of aryl methyl sites for hydroxylation is 1. The van der Waals surface area contributed by atoms with Crippen LogP contribution in [-0.4, -0.2) is 14.8 Å². The van der Waals surface area contributed by atoms with Gasteiger partial charge in [-0.1, -0.05) is 0 Å². The summed E-state index contributed by atoms with van der Waals surface area (Å²) in [5.74, 6) is 0.274. The highest BCUT2D eigenvalue weighted by Crippen LogP contribution is 2.37. The van der Waals surface area contributed by atoms with Crippen molar-refractivity contribution in [2.45, 2.75) is 13.5 Å². The highest BCUT2D eigenvalue weighted by Gasteiger charge is 2.18. The van der Waals surface area contributed by atoms with Crippen LogP contribution in [0.1, 0.15) is 12.5 Å². The Morgan fingerprint density at radius 2 is 1.68 bits per heavy atom. The summed E-state index contributed by atoms with van der Waals surface area (Å²) in [6.45, 7) is 2.67. The zero-order chi connectivity index (χ0) is 18.0. The van der Waals surface area contributed by atoms with Gasteiger partial charge in [0.2, 0.25) is 0 Å². The second-order valence-electron chi connectivity index (χ2n) is 5.54. The zero-order valence-electron chi connectivity index (χ0n) is 13.6. The molecule has 0 radical (unpaired) electrons. The molecule has 0 aliphatic carbocycles. The molecule has 0 bridgehead atoms. The number of hydrogen-bond acceptors (Lipinski definition) is 4. The largest absolute Gasteiger partial charge is 0.508 e. The fourth-order valence-electron chi connectivity index (χ4n) is 3.01. The summed E-state index contributed by atoms with van der Waals surface area (Å²) in [6, 6.07) is 15.6. The quantitative estimate of drug-likeness (QED) is 0.705. The average molecular weight is 329 g/mol. The molecule has 0 fully saturated rings. The van der Waals surface area contributed by atoms with Crippen LogP contribution in [-0.2, 0) is 6.54 Å². The number of fused-ring (bicyclic) bond motifs is 1. The third-order valence-corrected chi connectivity index (χ3v) is 4.07. The van der Waals surface area contributed by atoms with E-state index < -0.39 is 0 Å². The predicted molar refractivity (Wildman–Crippen MR) is 95.6 cm³/mol. The number of rotatable bonds is 3. The van der Waals surface area contributed by atoms with Crippen LogP contribution >= 0.6 is 0 Å². The maximum atomic E-state index is 9.89. The molecule has 0 amide bonds. The molecule has 25 heavy (non-hydrogen) atoms. The molecule has 0 aliphatic rings. The molecule has 5 nitrogen and oxygen atoms in total. The van der Waals surface area contributed by atoms with E-state index in [-0.39, 0.29) is 17.1 Å². The molecular weight excluding hydrogens is 314 g/mol. The second kappa shape index (κ2) is 6.43. The van der Waals surface area contributed by atoms with Crippen molar-refractivity contribution in [3.63, 3.8) is 0 Å². The van der Waals surface area contributed by atoms with Gasteiger partial charge in [0, 0.05) is 23.0 Å². The molecule has 0 saturated heterocycles. The number of aromatic nitrogens is 1. The Hall–Kier alpha value is -3.70. The summed E-state index contributed by atoms with van der Waals surface area (Å²) in [5.41, 5.74) is 3.24. The first-order valence-corrected chi connectivity index (χ1v) is 7.75. The van der Waals surface area contributed by atoms with Crippen LogP contribution in [0.3, 0.4) is 0 Å². The Kier molecular flexibility index (Phi) is 4.16. The number of nitriles is 2. The fourth-order valence-corrected chi connectivity index (χ4v) is 3.01. The van der Waals surface area contributed by atoms with Gasteiger partial charge in [0.05, 0.1) is 5.69 Å². The summed E-state index contributed by atoms with van der Waals surface area (Å²) in [6.07, 6.45) is 1.54. The highest BCUT2D eigenvalue weighted by atomic mass is 16.3. The van der Waals surface area contributed by atoms with Gasteiger partial charge < -0.3 is 14.8 Å². The highest BCUT2D eigenvalue weighted by molar-refractivity contribution is 5.99. The van der Waals surface area contributed by atoms with Crippen molar-refractivity contribution >= 4 is 17.0 Å².